The van der Waals surface area contributed by atoms with E-state index in [4.69, 9.17) is 0 Å². The Morgan fingerprint density at radius 1 is 1.26 bits per heavy atom. The highest BCUT2D eigenvalue weighted by Gasteiger charge is 2.15. The minimum Gasteiger partial charge on any atom is -0.351 e. The van der Waals surface area contributed by atoms with Crippen molar-refractivity contribution < 1.29 is 4.79 Å². The fourth-order valence-electron chi connectivity index (χ4n) is 2.69. The van der Waals surface area contributed by atoms with Crippen LogP contribution in [0.1, 0.15) is 38.1 Å². The molecule has 0 aliphatic heterocycles. The van der Waals surface area contributed by atoms with Gasteiger partial charge < -0.3 is 5.32 Å². The maximum Gasteiger partial charge on any atom is 0.270 e. The van der Waals surface area contributed by atoms with Gasteiger partial charge in [0, 0.05) is 37.6 Å². The Morgan fingerprint density at radius 2 is 1.96 bits per heavy atom. The summed E-state index contributed by atoms with van der Waals surface area (Å²) in [6, 6.07) is 6.07. The Bertz CT molecular complexity index is 729. The van der Waals surface area contributed by atoms with E-state index in [9.17, 15) is 9.59 Å². The molecule has 23 heavy (non-hydrogen) atoms. The van der Waals surface area contributed by atoms with Crippen molar-refractivity contribution in [1.29, 1.82) is 0 Å². The van der Waals surface area contributed by atoms with Crippen LogP contribution in [-0.2, 0) is 0 Å². The Kier molecular flexibility index (Phi) is 5.50. The number of hydrogen-bond acceptors (Lipinski definition) is 4. The van der Waals surface area contributed by atoms with Crippen LogP contribution in [0.4, 0.5) is 0 Å². The Balaban J connectivity index is 2.07. The lowest BCUT2D eigenvalue weighted by atomic mass is 10.2. The molecule has 0 bridgehead atoms. The molecule has 6 nitrogen and oxygen atoms in total. The highest BCUT2D eigenvalue weighted by atomic mass is 16.2. The summed E-state index contributed by atoms with van der Waals surface area (Å²) in [6.45, 7) is 9.74. The number of carbonyl (C=O) groups excluding carboxylic acids is 1. The van der Waals surface area contributed by atoms with Gasteiger partial charge in [0.15, 0.2) is 0 Å². The number of hydrogen-bond donors (Lipinski definition) is 1. The molecular weight excluding hydrogens is 292 g/mol. The Hall–Kier alpha value is -2.21. The lowest BCUT2D eigenvalue weighted by Crippen LogP contribution is -2.43. The molecule has 124 valence electrons. The summed E-state index contributed by atoms with van der Waals surface area (Å²) in [7, 11) is 0. The van der Waals surface area contributed by atoms with Crippen LogP contribution in [-0.4, -0.2) is 45.4 Å². The first-order valence-electron chi connectivity index (χ1n) is 7.92. The predicted molar refractivity (Wildman–Crippen MR) is 90.8 cm³/mol. The molecule has 0 spiro atoms. The van der Waals surface area contributed by atoms with Gasteiger partial charge in [-0.3, -0.25) is 18.9 Å². The minimum absolute atomic E-state index is 0.0642. The fourth-order valence-corrected chi connectivity index (χ4v) is 2.69. The summed E-state index contributed by atoms with van der Waals surface area (Å²) in [5.41, 5.74) is 0.242. The molecular formula is C17H24N4O2. The zero-order valence-corrected chi connectivity index (χ0v) is 14.1. The number of amides is 1. The smallest absolute Gasteiger partial charge is 0.270 e. The standard InChI is InChI=1S/C17H24N4O2/c1-12(2)20(13(3)4)10-8-18-16(22)14-11-19-15-7-5-6-9-21(15)17(14)23/h5-7,9,11-13H,8,10H2,1-4H3,(H,18,22). The molecule has 2 aromatic rings. The maximum absolute atomic E-state index is 12.3. The van der Waals surface area contributed by atoms with E-state index in [0.717, 1.165) is 6.54 Å². The van der Waals surface area contributed by atoms with Gasteiger partial charge >= 0.3 is 0 Å². The molecule has 0 fully saturated rings. The van der Waals surface area contributed by atoms with E-state index in [1.807, 2.05) is 0 Å². The molecule has 0 aliphatic rings. The van der Waals surface area contributed by atoms with Crippen LogP contribution in [0.2, 0.25) is 0 Å². The van der Waals surface area contributed by atoms with Gasteiger partial charge in [-0.15, -0.1) is 0 Å². The molecule has 2 heterocycles. The monoisotopic (exact) mass is 316 g/mol. The van der Waals surface area contributed by atoms with Gasteiger partial charge in [0.2, 0.25) is 0 Å². The van der Waals surface area contributed by atoms with Crippen LogP contribution in [0.15, 0.2) is 35.4 Å². The summed E-state index contributed by atoms with van der Waals surface area (Å²) in [5, 5.41) is 2.81. The molecule has 0 aliphatic carbocycles. The van der Waals surface area contributed by atoms with E-state index in [0.29, 0.717) is 24.3 Å². The van der Waals surface area contributed by atoms with E-state index in [1.54, 1.807) is 24.4 Å². The SMILES string of the molecule is CC(C)N(CCNC(=O)c1cnc2ccccn2c1=O)C(C)C. The molecule has 1 amide bonds. The number of carbonyl (C=O) groups is 1. The maximum atomic E-state index is 12.3. The van der Waals surface area contributed by atoms with Gasteiger partial charge in [0.25, 0.3) is 11.5 Å². The third kappa shape index (κ3) is 3.96. The number of pyridine rings is 1. The summed E-state index contributed by atoms with van der Waals surface area (Å²) in [5.74, 6) is -0.381. The topological polar surface area (TPSA) is 66.7 Å². The average molecular weight is 316 g/mol. The Labute approximate surface area is 136 Å². The van der Waals surface area contributed by atoms with Crippen LogP contribution < -0.4 is 10.9 Å². The van der Waals surface area contributed by atoms with Crippen molar-refractivity contribution in [3.63, 3.8) is 0 Å². The van der Waals surface area contributed by atoms with Gasteiger partial charge in [-0.25, -0.2) is 4.98 Å². The summed E-state index contributed by atoms with van der Waals surface area (Å²) in [6.07, 6.45) is 2.95. The van der Waals surface area contributed by atoms with E-state index >= 15 is 0 Å². The minimum atomic E-state index is -0.381. The zero-order valence-electron chi connectivity index (χ0n) is 14.1. The second-order valence-electron chi connectivity index (χ2n) is 6.09. The van der Waals surface area contributed by atoms with Crippen LogP contribution in [0, 0.1) is 0 Å². The third-order valence-electron chi connectivity index (χ3n) is 3.84. The van der Waals surface area contributed by atoms with Gasteiger partial charge in [-0.1, -0.05) is 6.07 Å². The molecule has 0 atom stereocenters. The lowest BCUT2D eigenvalue weighted by molar-refractivity contribution is 0.0937. The Morgan fingerprint density at radius 3 is 2.61 bits per heavy atom. The normalized spacial score (nSPS) is 11.6. The quantitative estimate of drug-likeness (QED) is 0.878. The third-order valence-corrected chi connectivity index (χ3v) is 3.84. The highest BCUT2D eigenvalue weighted by molar-refractivity contribution is 5.93. The van der Waals surface area contributed by atoms with Crippen molar-refractivity contribution in [2.24, 2.45) is 0 Å². The molecule has 1 N–H and O–H groups in total. The number of rotatable bonds is 6. The second kappa shape index (κ2) is 7.37. The van der Waals surface area contributed by atoms with Crippen molar-refractivity contribution >= 4 is 11.6 Å². The molecule has 0 saturated heterocycles. The van der Waals surface area contributed by atoms with Crippen molar-refractivity contribution in [3.05, 3.63) is 46.5 Å². The van der Waals surface area contributed by atoms with Gasteiger partial charge in [-0.2, -0.15) is 0 Å². The largest absolute Gasteiger partial charge is 0.351 e. The number of nitrogens with zero attached hydrogens (tertiary/aromatic N) is 3. The van der Waals surface area contributed by atoms with Crippen molar-refractivity contribution in [2.75, 3.05) is 13.1 Å². The fraction of sp³-hybridized carbons (Fsp3) is 0.471. The number of fused-ring (bicyclic) bond motifs is 1. The summed E-state index contributed by atoms with van der Waals surface area (Å²) < 4.78 is 1.38. The van der Waals surface area contributed by atoms with Gasteiger partial charge in [-0.05, 0) is 39.8 Å². The van der Waals surface area contributed by atoms with E-state index in [2.05, 4.69) is 42.9 Å². The first-order chi connectivity index (χ1) is 10.9. The number of nitrogens with one attached hydrogen (secondary N) is 1. The molecule has 2 aromatic heterocycles. The molecule has 0 aromatic carbocycles. The first-order valence-corrected chi connectivity index (χ1v) is 7.92. The van der Waals surface area contributed by atoms with E-state index < -0.39 is 0 Å². The molecule has 0 radical (unpaired) electrons. The molecule has 0 unspecified atom stereocenters. The lowest BCUT2D eigenvalue weighted by Gasteiger charge is -2.30. The van der Waals surface area contributed by atoms with Gasteiger partial charge in [0.05, 0.1) is 0 Å². The van der Waals surface area contributed by atoms with Crippen LogP contribution in [0.3, 0.4) is 0 Å². The van der Waals surface area contributed by atoms with Crippen molar-refractivity contribution in [2.45, 2.75) is 39.8 Å². The molecule has 2 rings (SSSR count). The summed E-state index contributed by atoms with van der Waals surface area (Å²) in [4.78, 5) is 31.0. The van der Waals surface area contributed by atoms with Crippen LogP contribution in [0.5, 0.6) is 0 Å². The first kappa shape index (κ1) is 17.1. The van der Waals surface area contributed by atoms with Gasteiger partial charge in [0.1, 0.15) is 11.2 Å². The summed E-state index contributed by atoms with van der Waals surface area (Å²) >= 11 is 0. The van der Waals surface area contributed by atoms with Crippen LogP contribution in [0.25, 0.3) is 5.65 Å². The van der Waals surface area contributed by atoms with Crippen molar-refractivity contribution in [1.82, 2.24) is 19.6 Å². The molecule has 0 saturated carbocycles. The van der Waals surface area contributed by atoms with Crippen LogP contribution >= 0.6 is 0 Å². The van der Waals surface area contributed by atoms with E-state index in [1.165, 1.54) is 10.6 Å². The van der Waals surface area contributed by atoms with Crippen molar-refractivity contribution in [3.8, 4) is 0 Å². The zero-order chi connectivity index (χ0) is 17.0. The highest BCUT2D eigenvalue weighted by Crippen LogP contribution is 2.03. The molecule has 6 heteroatoms. The second-order valence-corrected chi connectivity index (χ2v) is 6.09. The predicted octanol–water partition coefficient (Wildman–Crippen LogP) is 1.54. The average Bonchev–Trinajstić information content (AvgIpc) is 2.51. The van der Waals surface area contributed by atoms with E-state index in [-0.39, 0.29) is 17.0 Å². The number of aromatic nitrogens is 2.